The summed E-state index contributed by atoms with van der Waals surface area (Å²) in [6, 6.07) is 6.64. The normalized spacial score (nSPS) is 16.5. The third kappa shape index (κ3) is 2.74. The van der Waals surface area contributed by atoms with Crippen molar-refractivity contribution in [3.8, 4) is 11.1 Å². The summed E-state index contributed by atoms with van der Waals surface area (Å²) in [4.78, 5) is 0. The average molecular weight is 290 g/mol. The van der Waals surface area contributed by atoms with Gasteiger partial charge in [0.1, 0.15) is 0 Å². The van der Waals surface area contributed by atoms with Crippen molar-refractivity contribution >= 4 is 11.6 Å². The van der Waals surface area contributed by atoms with Gasteiger partial charge in [-0.1, -0.05) is 24.6 Å². The van der Waals surface area contributed by atoms with Crippen molar-refractivity contribution in [2.75, 3.05) is 13.1 Å². The molecule has 1 aliphatic rings. The third-order valence-electron chi connectivity index (χ3n) is 4.05. The Labute approximate surface area is 124 Å². The van der Waals surface area contributed by atoms with Crippen LogP contribution in [0.1, 0.15) is 31.4 Å². The van der Waals surface area contributed by atoms with Crippen molar-refractivity contribution in [1.82, 2.24) is 15.1 Å². The van der Waals surface area contributed by atoms with Gasteiger partial charge in [-0.25, -0.2) is 0 Å². The SMILES string of the molecule is CCc1ccc(Cl)cc1-c1cnn(C2CCNCC2)c1. The maximum absolute atomic E-state index is 6.14. The van der Waals surface area contributed by atoms with E-state index in [1.165, 1.54) is 16.7 Å². The van der Waals surface area contributed by atoms with Crippen molar-refractivity contribution in [1.29, 1.82) is 0 Å². The van der Waals surface area contributed by atoms with Crippen LogP contribution in [-0.4, -0.2) is 22.9 Å². The first-order chi connectivity index (χ1) is 9.78. The first-order valence-electron chi connectivity index (χ1n) is 7.31. The number of hydrogen-bond donors (Lipinski definition) is 1. The summed E-state index contributed by atoms with van der Waals surface area (Å²) in [5.41, 5.74) is 3.70. The molecule has 1 fully saturated rings. The Kier molecular flexibility index (Phi) is 4.08. The topological polar surface area (TPSA) is 29.9 Å². The Bertz CT molecular complexity index is 585. The lowest BCUT2D eigenvalue weighted by molar-refractivity contribution is 0.343. The highest BCUT2D eigenvalue weighted by atomic mass is 35.5. The number of benzene rings is 1. The minimum absolute atomic E-state index is 0.522. The molecule has 0 bridgehead atoms. The van der Waals surface area contributed by atoms with Crippen molar-refractivity contribution in [3.63, 3.8) is 0 Å². The molecule has 20 heavy (non-hydrogen) atoms. The van der Waals surface area contributed by atoms with E-state index in [1.807, 2.05) is 18.3 Å². The molecule has 1 aromatic heterocycles. The number of nitrogens with zero attached hydrogens (tertiary/aromatic N) is 2. The minimum atomic E-state index is 0.522. The van der Waals surface area contributed by atoms with Crippen molar-refractivity contribution in [2.24, 2.45) is 0 Å². The molecule has 0 atom stereocenters. The molecule has 1 saturated heterocycles. The van der Waals surface area contributed by atoms with Gasteiger partial charge in [0.2, 0.25) is 0 Å². The van der Waals surface area contributed by atoms with Crippen LogP contribution in [0.4, 0.5) is 0 Å². The van der Waals surface area contributed by atoms with Crippen molar-refractivity contribution < 1.29 is 0 Å². The zero-order chi connectivity index (χ0) is 13.9. The summed E-state index contributed by atoms with van der Waals surface area (Å²) < 4.78 is 2.12. The fourth-order valence-corrected chi connectivity index (χ4v) is 3.05. The Hall–Kier alpha value is -1.32. The number of halogens is 1. The maximum atomic E-state index is 6.14. The highest BCUT2D eigenvalue weighted by molar-refractivity contribution is 6.30. The lowest BCUT2D eigenvalue weighted by Crippen LogP contribution is -2.29. The van der Waals surface area contributed by atoms with Crippen molar-refractivity contribution in [3.05, 3.63) is 41.2 Å². The van der Waals surface area contributed by atoms with E-state index >= 15 is 0 Å². The van der Waals surface area contributed by atoms with Crippen LogP contribution in [-0.2, 0) is 6.42 Å². The minimum Gasteiger partial charge on any atom is -0.317 e. The number of rotatable bonds is 3. The zero-order valence-corrected chi connectivity index (χ0v) is 12.5. The molecule has 1 aromatic carbocycles. The monoisotopic (exact) mass is 289 g/mol. The van der Waals surface area contributed by atoms with Gasteiger partial charge in [0, 0.05) is 16.8 Å². The quantitative estimate of drug-likeness (QED) is 0.934. The molecule has 3 nitrogen and oxygen atoms in total. The largest absolute Gasteiger partial charge is 0.317 e. The van der Waals surface area contributed by atoms with E-state index in [4.69, 9.17) is 11.6 Å². The van der Waals surface area contributed by atoms with Crippen LogP contribution in [0.2, 0.25) is 5.02 Å². The van der Waals surface area contributed by atoms with E-state index in [2.05, 4.69) is 34.3 Å². The molecule has 2 heterocycles. The predicted molar refractivity (Wildman–Crippen MR) is 83.2 cm³/mol. The van der Waals surface area contributed by atoms with E-state index in [0.29, 0.717) is 6.04 Å². The lowest BCUT2D eigenvalue weighted by atomic mass is 10.0. The smallest absolute Gasteiger partial charge is 0.0568 e. The van der Waals surface area contributed by atoms with Crippen LogP contribution in [0.3, 0.4) is 0 Å². The maximum Gasteiger partial charge on any atom is 0.0568 e. The summed E-state index contributed by atoms with van der Waals surface area (Å²) in [6.45, 7) is 4.33. The number of piperidine rings is 1. The molecule has 4 heteroatoms. The summed E-state index contributed by atoms with van der Waals surface area (Å²) in [5, 5.41) is 8.74. The van der Waals surface area contributed by atoms with Gasteiger partial charge < -0.3 is 5.32 Å². The van der Waals surface area contributed by atoms with E-state index in [9.17, 15) is 0 Å². The summed E-state index contributed by atoms with van der Waals surface area (Å²) in [5.74, 6) is 0. The molecule has 0 unspecified atom stereocenters. The van der Waals surface area contributed by atoms with Crippen LogP contribution >= 0.6 is 11.6 Å². The highest BCUT2D eigenvalue weighted by Gasteiger charge is 2.16. The van der Waals surface area contributed by atoms with E-state index in [-0.39, 0.29) is 0 Å². The zero-order valence-electron chi connectivity index (χ0n) is 11.8. The fourth-order valence-electron chi connectivity index (χ4n) is 2.87. The van der Waals surface area contributed by atoms with Crippen LogP contribution in [0, 0.1) is 0 Å². The van der Waals surface area contributed by atoms with Gasteiger partial charge >= 0.3 is 0 Å². The number of hydrogen-bond acceptors (Lipinski definition) is 2. The molecule has 0 radical (unpaired) electrons. The average Bonchev–Trinajstić information content (AvgIpc) is 2.98. The first kappa shape index (κ1) is 13.7. The van der Waals surface area contributed by atoms with E-state index < -0.39 is 0 Å². The Balaban J connectivity index is 1.91. The number of aryl methyl sites for hydroxylation is 1. The molecular formula is C16H20ClN3. The van der Waals surface area contributed by atoms with Gasteiger partial charge in [0.15, 0.2) is 0 Å². The second kappa shape index (κ2) is 5.98. The van der Waals surface area contributed by atoms with Gasteiger partial charge in [0.05, 0.1) is 12.2 Å². The third-order valence-corrected chi connectivity index (χ3v) is 4.28. The Morgan fingerprint density at radius 3 is 2.90 bits per heavy atom. The van der Waals surface area contributed by atoms with Gasteiger partial charge in [-0.05, 0) is 55.6 Å². The second-order valence-electron chi connectivity index (χ2n) is 5.35. The van der Waals surface area contributed by atoms with Crippen LogP contribution in [0.25, 0.3) is 11.1 Å². The Morgan fingerprint density at radius 1 is 1.35 bits per heavy atom. The van der Waals surface area contributed by atoms with Gasteiger partial charge in [-0.2, -0.15) is 5.10 Å². The molecule has 0 spiro atoms. The van der Waals surface area contributed by atoms with Crippen molar-refractivity contribution in [2.45, 2.75) is 32.2 Å². The summed E-state index contributed by atoms with van der Waals surface area (Å²) >= 11 is 6.14. The highest BCUT2D eigenvalue weighted by Crippen LogP contribution is 2.29. The Morgan fingerprint density at radius 2 is 2.15 bits per heavy atom. The van der Waals surface area contributed by atoms with Gasteiger partial charge in [-0.3, -0.25) is 4.68 Å². The molecule has 3 rings (SSSR count). The van der Waals surface area contributed by atoms with E-state index in [1.54, 1.807) is 0 Å². The molecule has 1 aliphatic heterocycles. The molecule has 1 N–H and O–H groups in total. The molecule has 106 valence electrons. The number of nitrogens with one attached hydrogen (secondary N) is 1. The van der Waals surface area contributed by atoms with Crippen LogP contribution < -0.4 is 5.32 Å². The molecule has 0 amide bonds. The first-order valence-corrected chi connectivity index (χ1v) is 7.69. The predicted octanol–water partition coefficient (Wildman–Crippen LogP) is 3.69. The molecule has 0 saturated carbocycles. The van der Waals surface area contributed by atoms with Crippen LogP contribution in [0.5, 0.6) is 0 Å². The van der Waals surface area contributed by atoms with Crippen LogP contribution in [0.15, 0.2) is 30.6 Å². The standard InChI is InChI=1S/C16H20ClN3/c1-2-12-3-4-14(17)9-16(12)13-10-19-20(11-13)15-5-7-18-8-6-15/h3-4,9-11,15,18H,2,5-8H2,1H3. The van der Waals surface area contributed by atoms with E-state index in [0.717, 1.165) is 37.4 Å². The molecule has 0 aliphatic carbocycles. The second-order valence-corrected chi connectivity index (χ2v) is 5.78. The summed E-state index contributed by atoms with van der Waals surface area (Å²) in [6.07, 6.45) is 7.44. The lowest BCUT2D eigenvalue weighted by Gasteiger charge is -2.22. The molecular weight excluding hydrogens is 270 g/mol. The van der Waals surface area contributed by atoms with Gasteiger partial charge in [-0.15, -0.1) is 0 Å². The summed E-state index contributed by atoms with van der Waals surface area (Å²) in [7, 11) is 0. The number of aromatic nitrogens is 2. The fraction of sp³-hybridized carbons (Fsp3) is 0.438. The van der Waals surface area contributed by atoms with Gasteiger partial charge in [0.25, 0.3) is 0 Å². The molecule has 2 aromatic rings.